The van der Waals surface area contributed by atoms with E-state index in [0.717, 1.165) is 71.1 Å². The molecule has 7 heteroatoms. The summed E-state index contributed by atoms with van der Waals surface area (Å²) in [5.41, 5.74) is 2.56. The summed E-state index contributed by atoms with van der Waals surface area (Å²) in [6, 6.07) is 9.31. The van der Waals surface area contributed by atoms with Gasteiger partial charge >= 0.3 is 0 Å². The second kappa shape index (κ2) is 13.1. The van der Waals surface area contributed by atoms with Gasteiger partial charge in [0.05, 0.1) is 0 Å². The lowest BCUT2D eigenvalue weighted by atomic mass is 10.1. The monoisotopic (exact) mass is 513 g/mol. The first-order valence-corrected chi connectivity index (χ1v) is 10.5. The molecule has 29 heavy (non-hydrogen) atoms. The second-order valence-electron chi connectivity index (χ2n) is 7.58. The molecule has 1 fully saturated rings. The highest BCUT2D eigenvalue weighted by Gasteiger charge is 2.19. The highest BCUT2D eigenvalue weighted by molar-refractivity contribution is 14.0. The number of likely N-dealkylation sites (tertiary alicyclic amines) is 1. The molecule has 0 bridgehead atoms. The fraction of sp³-hybridized carbons (Fsp3) is 0.591. The van der Waals surface area contributed by atoms with Crippen LogP contribution in [-0.2, 0) is 11.3 Å². The molecule has 2 aliphatic rings. The first-order chi connectivity index (χ1) is 13.8. The van der Waals surface area contributed by atoms with Crippen molar-refractivity contribution >= 4 is 35.6 Å². The Morgan fingerprint density at radius 1 is 1.14 bits per heavy atom. The maximum Gasteiger partial charge on any atom is 0.191 e. The molecule has 1 aromatic carbocycles. The molecule has 2 N–H and O–H groups in total. The number of anilines is 1. The summed E-state index contributed by atoms with van der Waals surface area (Å²) in [4.78, 5) is 9.30. The van der Waals surface area contributed by atoms with E-state index in [1.165, 1.54) is 11.3 Å². The fourth-order valence-electron chi connectivity index (χ4n) is 3.82. The zero-order valence-corrected chi connectivity index (χ0v) is 20.1. The smallest absolute Gasteiger partial charge is 0.191 e. The van der Waals surface area contributed by atoms with Crippen molar-refractivity contribution in [3.63, 3.8) is 0 Å². The van der Waals surface area contributed by atoms with Crippen LogP contribution in [0.5, 0.6) is 0 Å². The van der Waals surface area contributed by atoms with Gasteiger partial charge in [-0.05, 0) is 37.0 Å². The number of methoxy groups -OCH3 is 1. The van der Waals surface area contributed by atoms with Crippen LogP contribution in [0.25, 0.3) is 0 Å². The van der Waals surface area contributed by atoms with E-state index in [1.807, 2.05) is 7.05 Å². The van der Waals surface area contributed by atoms with E-state index in [4.69, 9.17) is 4.74 Å². The number of aliphatic imine (C=N–C) groups is 1. The Balaban J connectivity index is 0.00000300. The van der Waals surface area contributed by atoms with Crippen molar-refractivity contribution in [2.45, 2.75) is 31.8 Å². The minimum atomic E-state index is 0. The Kier molecular flexibility index (Phi) is 10.8. The zero-order chi connectivity index (χ0) is 19.6. The average molecular weight is 513 g/mol. The summed E-state index contributed by atoms with van der Waals surface area (Å²) in [5, 5.41) is 7.05. The van der Waals surface area contributed by atoms with Gasteiger partial charge < -0.3 is 25.2 Å². The van der Waals surface area contributed by atoms with E-state index in [1.54, 1.807) is 7.11 Å². The first kappa shape index (κ1) is 24.0. The Morgan fingerprint density at radius 2 is 1.83 bits per heavy atom. The van der Waals surface area contributed by atoms with Crippen LogP contribution < -0.4 is 15.5 Å². The normalized spacial score (nSPS) is 18.0. The Hall–Kier alpha value is -1.32. The molecule has 162 valence electrons. The number of nitrogens with zero attached hydrogens (tertiary/aromatic N) is 3. The van der Waals surface area contributed by atoms with Crippen molar-refractivity contribution in [3.05, 3.63) is 42.0 Å². The highest BCUT2D eigenvalue weighted by Crippen LogP contribution is 2.17. The number of ether oxygens (including phenoxy) is 1. The number of piperidine rings is 1. The van der Waals surface area contributed by atoms with Gasteiger partial charge in [0.15, 0.2) is 5.96 Å². The van der Waals surface area contributed by atoms with Crippen LogP contribution >= 0.6 is 24.0 Å². The predicted molar refractivity (Wildman–Crippen MR) is 132 cm³/mol. The molecule has 2 heterocycles. The van der Waals surface area contributed by atoms with E-state index in [2.05, 4.69) is 61.8 Å². The van der Waals surface area contributed by atoms with Gasteiger partial charge in [-0.3, -0.25) is 4.99 Å². The lowest BCUT2D eigenvalue weighted by Gasteiger charge is -2.33. The van der Waals surface area contributed by atoms with Gasteiger partial charge in [-0.15, -0.1) is 24.0 Å². The SMILES string of the molecule is CN=C(NCc1ccc(N2CC=CC2)cc1)NC1CCN(CCCOC)CC1.I. The lowest BCUT2D eigenvalue weighted by Crippen LogP contribution is -2.48. The average Bonchev–Trinajstić information content (AvgIpc) is 3.28. The minimum Gasteiger partial charge on any atom is -0.385 e. The van der Waals surface area contributed by atoms with Crippen molar-refractivity contribution in [1.82, 2.24) is 15.5 Å². The Labute approximate surface area is 192 Å². The minimum absolute atomic E-state index is 0. The van der Waals surface area contributed by atoms with E-state index >= 15 is 0 Å². The summed E-state index contributed by atoms with van der Waals surface area (Å²) in [6.07, 6.45) is 7.87. The molecule has 6 nitrogen and oxygen atoms in total. The van der Waals surface area contributed by atoms with Crippen LogP contribution in [0.3, 0.4) is 0 Å². The summed E-state index contributed by atoms with van der Waals surface area (Å²) in [5.74, 6) is 0.894. The molecule has 0 saturated carbocycles. The van der Waals surface area contributed by atoms with Gasteiger partial charge in [-0.2, -0.15) is 0 Å². The molecule has 2 aliphatic heterocycles. The van der Waals surface area contributed by atoms with Gasteiger partial charge in [0.1, 0.15) is 0 Å². The number of hydrogen-bond acceptors (Lipinski definition) is 4. The molecule has 0 unspecified atom stereocenters. The summed E-state index contributed by atoms with van der Waals surface area (Å²) >= 11 is 0. The zero-order valence-electron chi connectivity index (χ0n) is 17.8. The highest BCUT2D eigenvalue weighted by atomic mass is 127. The van der Waals surface area contributed by atoms with Crippen molar-refractivity contribution < 1.29 is 4.74 Å². The summed E-state index contributed by atoms with van der Waals surface area (Å²) < 4.78 is 5.15. The van der Waals surface area contributed by atoms with E-state index in [0.29, 0.717) is 6.04 Å². The lowest BCUT2D eigenvalue weighted by molar-refractivity contribution is 0.155. The molecular formula is C22H36IN5O. The van der Waals surface area contributed by atoms with Crippen molar-refractivity contribution in [2.75, 3.05) is 58.4 Å². The fourth-order valence-corrected chi connectivity index (χ4v) is 3.82. The van der Waals surface area contributed by atoms with Gasteiger partial charge in [-0.25, -0.2) is 0 Å². The van der Waals surface area contributed by atoms with Crippen LogP contribution in [-0.4, -0.2) is 70.4 Å². The number of halogens is 1. The molecule has 0 aliphatic carbocycles. The third-order valence-corrected chi connectivity index (χ3v) is 5.55. The summed E-state index contributed by atoms with van der Waals surface area (Å²) in [6.45, 7) is 7.09. The van der Waals surface area contributed by atoms with E-state index < -0.39 is 0 Å². The number of rotatable bonds is 8. The third kappa shape index (κ3) is 7.79. The van der Waals surface area contributed by atoms with Gasteiger partial charge in [-0.1, -0.05) is 24.3 Å². The molecule has 3 rings (SSSR count). The molecule has 1 aromatic rings. The van der Waals surface area contributed by atoms with Gasteiger partial charge in [0.2, 0.25) is 0 Å². The Morgan fingerprint density at radius 3 is 2.45 bits per heavy atom. The number of hydrogen-bond donors (Lipinski definition) is 2. The van der Waals surface area contributed by atoms with Crippen LogP contribution in [0.2, 0.25) is 0 Å². The molecule has 0 amide bonds. The second-order valence-corrected chi connectivity index (χ2v) is 7.58. The predicted octanol–water partition coefficient (Wildman–Crippen LogP) is 2.85. The standard InChI is InChI=1S/C22H35N5O.HI/c1-23-22(25-20-10-15-26(16-11-20)12-5-17-28-2)24-18-19-6-8-21(9-7-19)27-13-3-4-14-27;/h3-4,6-9,20H,5,10-18H2,1-2H3,(H2,23,24,25);1H. The maximum atomic E-state index is 5.15. The maximum absolute atomic E-state index is 5.15. The number of nitrogens with one attached hydrogen (secondary N) is 2. The Bertz CT molecular complexity index is 633. The number of guanidine groups is 1. The van der Waals surface area contributed by atoms with Gasteiger partial charge in [0, 0.05) is 71.8 Å². The van der Waals surface area contributed by atoms with E-state index in [9.17, 15) is 0 Å². The van der Waals surface area contributed by atoms with Crippen LogP contribution in [0, 0.1) is 0 Å². The largest absolute Gasteiger partial charge is 0.385 e. The van der Waals surface area contributed by atoms with Crippen molar-refractivity contribution in [1.29, 1.82) is 0 Å². The topological polar surface area (TPSA) is 52.1 Å². The van der Waals surface area contributed by atoms with Crippen LogP contribution in [0.4, 0.5) is 5.69 Å². The number of benzene rings is 1. The van der Waals surface area contributed by atoms with Crippen molar-refractivity contribution in [3.8, 4) is 0 Å². The van der Waals surface area contributed by atoms with Crippen LogP contribution in [0.1, 0.15) is 24.8 Å². The molecule has 0 aromatic heterocycles. The summed E-state index contributed by atoms with van der Waals surface area (Å²) in [7, 11) is 3.62. The molecule has 0 radical (unpaired) electrons. The molecule has 0 atom stereocenters. The first-order valence-electron chi connectivity index (χ1n) is 10.5. The quantitative estimate of drug-likeness (QED) is 0.184. The molecular weight excluding hydrogens is 477 g/mol. The molecule has 1 saturated heterocycles. The molecule has 0 spiro atoms. The van der Waals surface area contributed by atoms with Crippen LogP contribution in [0.15, 0.2) is 41.4 Å². The van der Waals surface area contributed by atoms with E-state index in [-0.39, 0.29) is 24.0 Å². The third-order valence-electron chi connectivity index (χ3n) is 5.55. The van der Waals surface area contributed by atoms with Crippen molar-refractivity contribution in [2.24, 2.45) is 4.99 Å². The van der Waals surface area contributed by atoms with Gasteiger partial charge in [0.25, 0.3) is 0 Å².